The molecule has 0 bridgehead atoms. The first-order chi connectivity index (χ1) is 14.6. The van der Waals surface area contributed by atoms with Gasteiger partial charge in [-0.05, 0) is 44.5 Å². The Labute approximate surface area is 174 Å². The molecule has 4 rings (SSSR count). The Kier molecular flexibility index (Phi) is 5.15. The second kappa shape index (κ2) is 7.67. The molecule has 0 aliphatic carbocycles. The van der Waals surface area contributed by atoms with E-state index in [9.17, 15) is 22.4 Å². The molecule has 8 nitrogen and oxygen atoms in total. The van der Waals surface area contributed by atoms with E-state index in [0.29, 0.717) is 42.1 Å². The van der Waals surface area contributed by atoms with Crippen molar-refractivity contribution in [2.24, 2.45) is 0 Å². The summed E-state index contributed by atoms with van der Waals surface area (Å²) < 4.78 is 53.4. The molecule has 3 heterocycles. The van der Waals surface area contributed by atoms with Crippen LogP contribution < -0.4 is 15.5 Å². The third-order valence-corrected chi connectivity index (χ3v) is 5.25. The number of aryl methyl sites for hydroxylation is 1. The summed E-state index contributed by atoms with van der Waals surface area (Å²) >= 11 is 0. The van der Waals surface area contributed by atoms with E-state index in [4.69, 9.17) is 0 Å². The number of halogens is 4. The highest BCUT2D eigenvalue weighted by atomic mass is 19.4. The lowest BCUT2D eigenvalue weighted by molar-refractivity contribution is -0.146. The smallest absolute Gasteiger partial charge is 0.353 e. The van der Waals surface area contributed by atoms with Crippen molar-refractivity contribution in [3.8, 4) is 0 Å². The van der Waals surface area contributed by atoms with Crippen LogP contribution in [0.2, 0.25) is 0 Å². The zero-order chi connectivity index (χ0) is 22.3. The van der Waals surface area contributed by atoms with E-state index in [1.807, 2.05) is 4.90 Å². The molecule has 1 aliphatic rings. The highest BCUT2D eigenvalue weighted by molar-refractivity contribution is 5.89. The maximum Gasteiger partial charge on any atom is 0.453 e. The van der Waals surface area contributed by atoms with Crippen LogP contribution in [0.1, 0.15) is 23.4 Å². The van der Waals surface area contributed by atoms with Crippen LogP contribution in [0.25, 0.3) is 5.65 Å². The van der Waals surface area contributed by atoms with Crippen molar-refractivity contribution in [1.82, 2.24) is 25.1 Å². The number of carbonyl (C=O) groups excluding carboxylic acids is 1. The summed E-state index contributed by atoms with van der Waals surface area (Å²) in [6, 6.07) is 4.67. The van der Waals surface area contributed by atoms with Crippen molar-refractivity contribution in [2.75, 3.05) is 23.3 Å². The second-order valence-electron chi connectivity index (χ2n) is 7.37. The maximum absolute atomic E-state index is 13.2. The van der Waals surface area contributed by atoms with Gasteiger partial charge in [0.1, 0.15) is 5.82 Å². The van der Waals surface area contributed by atoms with Gasteiger partial charge in [0.25, 0.3) is 5.82 Å². The van der Waals surface area contributed by atoms with Gasteiger partial charge >= 0.3 is 12.2 Å². The molecule has 164 valence electrons. The molecule has 2 aromatic heterocycles. The molecular formula is C19H19F4N7O. The highest BCUT2D eigenvalue weighted by Gasteiger charge is 2.38. The Morgan fingerprint density at radius 2 is 1.84 bits per heavy atom. The molecule has 2 N–H and O–H groups in total. The number of rotatable bonds is 3. The van der Waals surface area contributed by atoms with Gasteiger partial charge in [-0.2, -0.15) is 17.7 Å². The van der Waals surface area contributed by atoms with E-state index in [1.54, 1.807) is 13.8 Å². The normalized spacial score (nSPS) is 16.7. The van der Waals surface area contributed by atoms with Crippen LogP contribution in [-0.4, -0.2) is 45.0 Å². The number of hydrogen-bond donors (Lipinski definition) is 2. The fraction of sp³-hybridized carbons (Fsp3) is 0.368. The summed E-state index contributed by atoms with van der Waals surface area (Å²) in [5.74, 6) is -1.20. The number of hydrogen-bond acceptors (Lipinski definition) is 5. The van der Waals surface area contributed by atoms with Gasteiger partial charge in [0.15, 0.2) is 11.5 Å². The third kappa shape index (κ3) is 4.09. The molecule has 3 aromatic rings. The van der Waals surface area contributed by atoms with Gasteiger partial charge in [0, 0.05) is 35.9 Å². The largest absolute Gasteiger partial charge is 0.453 e. The van der Waals surface area contributed by atoms with Crippen molar-refractivity contribution in [3.05, 3.63) is 47.0 Å². The molecule has 0 saturated carbocycles. The molecule has 1 atom stereocenters. The lowest BCUT2D eigenvalue weighted by Crippen LogP contribution is -2.40. The number of urea groups is 1. The van der Waals surface area contributed by atoms with Gasteiger partial charge in [-0.15, -0.1) is 15.3 Å². The number of nitrogens with one attached hydrogen (secondary N) is 2. The summed E-state index contributed by atoms with van der Waals surface area (Å²) in [6.45, 7) is 4.32. The van der Waals surface area contributed by atoms with Crippen LogP contribution in [0.15, 0.2) is 24.3 Å². The molecule has 1 aromatic carbocycles. The van der Waals surface area contributed by atoms with Gasteiger partial charge in [-0.25, -0.2) is 9.18 Å². The van der Waals surface area contributed by atoms with Crippen molar-refractivity contribution in [3.63, 3.8) is 0 Å². The van der Waals surface area contributed by atoms with Crippen molar-refractivity contribution >= 4 is 23.2 Å². The molecule has 12 heteroatoms. The standard InChI is InChI=1S/C19H19F4N7O/c1-10-11(2)16(28-30-15(10)26-27-17(30)19(21,22)23)29-8-7-14(9-29)25-18(31)24-13-5-3-12(20)4-6-13/h3-6,14H,7-9H2,1-2H3,(H2,24,25,31)/t14-/m1/s1. The first-order valence-corrected chi connectivity index (χ1v) is 9.51. The van der Waals surface area contributed by atoms with Crippen molar-refractivity contribution in [1.29, 1.82) is 0 Å². The molecule has 1 saturated heterocycles. The molecule has 31 heavy (non-hydrogen) atoms. The lowest BCUT2D eigenvalue weighted by Gasteiger charge is -2.21. The molecule has 2 amide bonds. The average molecular weight is 437 g/mol. The number of aromatic nitrogens is 4. The molecule has 0 radical (unpaired) electrons. The molecule has 0 unspecified atom stereocenters. The molecule has 0 spiro atoms. The van der Waals surface area contributed by atoms with Crippen molar-refractivity contribution < 1.29 is 22.4 Å². The summed E-state index contributed by atoms with van der Waals surface area (Å²) in [5, 5.41) is 16.5. The van der Waals surface area contributed by atoms with Crippen LogP contribution in [-0.2, 0) is 6.18 Å². The predicted molar refractivity (Wildman–Crippen MR) is 104 cm³/mol. The quantitative estimate of drug-likeness (QED) is 0.614. The van der Waals surface area contributed by atoms with Crippen LogP contribution in [0.5, 0.6) is 0 Å². The fourth-order valence-corrected chi connectivity index (χ4v) is 3.55. The number of nitrogens with zero attached hydrogens (tertiary/aromatic N) is 5. The summed E-state index contributed by atoms with van der Waals surface area (Å²) in [7, 11) is 0. The summed E-state index contributed by atoms with van der Waals surface area (Å²) in [5.41, 5.74) is 1.75. The Bertz CT molecular complexity index is 1130. The Hall–Kier alpha value is -3.44. The van der Waals surface area contributed by atoms with Crippen LogP contribution in [0.4, 0.5) is 33.9 Å². The highest BCUT2D eigenvalue weighted by Crippen LogP contribution is 2.31. The van der Waals surface area contributed by atoms with Gasteiger partial charge in [0.2, 0.25) is 0 Å². The Morgan fingerprint density at radius 3 is 2.52 bits per heavy atom. The van der Waals surface area contributed by atoms with Gasteiger partial charge in [-0.1, -0.05) is 0 Å². The van der Waals surface area contributed by atoms with Crippen LogP contribution in [0.3, 0.4) is 0 Å². The molecule has 1 aliphatic heterocycles. The monoisotopic (exact) mass is 437 g/mol. The fourth-order valence-electron chi connectivity index (χ4n) is 3.55. The first-order valence-electron chi connectivity index (χ1n) is 9.51. The van der Waals surface area contributed by atoms with Gasteiger partial charge in [-0.3, -0.25) is 0 Å². The van der Waals surface area contributed by atoms with E-state index in [2.05, 4.69) is 25.9 Å². The number of fused-ring (bicyclic) bond motifs is 1. The molecular weight excluding hydrogens is 418 g/mol. The second-order valence-corrected chi connectivity index (χ2v) is 7.37. The number of benzene rings is 1. The maximum atomic E-state index is 13.2. The number of carbonyl (C=O) groups is 1. The Morgan fingerprint density at radius 1 is 1.13 bits per heavy atom. The number of amides is 2. The van der Waals surface area contributed by atoms with E-state index in [0.717, 1.165) is 4.52 Å². The summed E-state index contributed by atoms with van der Waals surface area (Å²) in [4.78, 5) is 14.0. The zero-order valence-electron chi connectivity index (χ0n) is 16.7. The number of anilines is 2. The van der Waals surface area contributed by atoms with E-state index in [1.165, 1.54) is 24.3 Å². The first kappa shape index (κ1) is 20.8. The lowest BCUT2D eigenvalue weighted by atomic mass is 10.2. The Balaban J connectivity index is 1.50. The van der Waals surface area contributed by atoms with Crippen LogP contribution >= 0.6 is 0 Å². The minimum absolute atomic E-state index is 0.0566. The summed E-state index contributed by atoms with van der Waals surface area (Å²) in [6.07, 6.45) is -4.09. The van der Waals surface area contributed by atoms with Crippen molar-refractivity contribution in [2.45, 2.75) is 32.5 Å². The average Bonchev–Trinajstić information content (AvgIpc) is 3.33. The minimum Gasteiger partial charge on any atom is -0.353 e. The third-order valence-electron chi connectivity index (χ3n) is 5.25. The topological polar surface area (TPSA) is 87.5 Å². The minimum atomic E-state index is -4.68. The van der Waals surface area contributed by atoms with Gasteiger partial charge < -0.3 is 15.5 Å². The van der Waals surface area contributed by atoms with E-state index in [-0.39, 0.29) is 11.7 Å². The number of alkyl halides is 3. The van der Waals surface area contributed by atoms with E-state index >= 15 is 0 Å². The zero-order valence-corrected chi connectivity index (χ0v) is 16.7. The predicted octanol–water partition coefficient (Wildman–Crippen LogP) is 3.30. The molecule has 1 fully saturated rings. The van der Waals surface area contributed by atoms with Crippen LogP contribution in [0, 0.1) is 19.7 Å². The van der Waals surface area contributed by atoms with E-state index < -0.39 is 23.8 Å². The van der Waals surface area contributed by atoms with Gasteiger partial charge in [0.05, 0.1) is 0 Å². The SMILES string of the molecule is Cc1c(N2CC[C@@H](NC(=O)Nc3ccc(F)cc3)C2)nn2c(C(F)(F)F)nnc2c1C.